The van der Waals surface area contributed by atoms with Gasteiger partial charge in [0.05, 0.1) is 0 Å². The number of rotatable bonds is 3. The number of benzene rings is 5. The molecule has 7 nitrogen and oxygen atoms in total. The second-order valence-electron chi connectivity index (χ2n) is 20.7. The van der Waals surface area contributed by atoms with Gasteiger partial charge >= 0.3 is 21.1 Å². The summed E-state index contributed by atoms with van der Waals surface area (Å²) in [6.45, 7) is 32.4. The Kier molecular flexibility index (Phi) is 9.38. The minimum absolute atomic E-state index is 0. The molecule has 1 aliphatic carbocycles. The van der Waals surface area contributed by atoms with E-state index in [4.69, 9.17) is 4.74 Å². The molecule has 0 fully saturated rings. The first kappa shape index (κ1) is 41.1. The van der Waals surface area contributed by atoms with E-state index in [9.17, 15) is 0 Å². The standard InChI is InChI=1S/C51H56N6O.Pt/c1-47(2,3)31-23-36-37-24-32(48(4,5)6)26-41(50(10,11)12)45(37)51(44(36)40(25-31)49(7,8)9)38-22-21-35(58-34-18-15-17-33(27-34)57-30-55(14)52-53-57)28-43(38)56-29-54(13)42-20-16-19-39(51)46(42)56;/h15-26,29-30H,1-14H3;/q-4;+4. The molecule has 0 N–H and O–H groups in total. The summed E-state index contributed by atoms with van der Waals surface area (Å²) in [6.07, 6.45) is 0. The van der Waals surface area contributed by atoms with Crippen LogP contribution in [0.3, 0.4) is 0 Å². The zero-order valence-corrected chi connectivity index (χ0v) is 39.3. The summed E-state index contributed by atoms with van der Waals surface area (Å²) in [5.74, 6) is 1.19. The molecule has 3 aliphatic heterocycles. The molecule has 0 aromatic heterocycles. The molecule has 5 aromatic carbocycles. The van der Waals surface area contributed by atoms with E-state index in [1.807, 2.05) is 25.2 Å². The van der Waals surface area contributed by atoms with Gasteiger partial charge < -0.3 is 24.6 Å². The molecule has 0 atom stereocenters. The van der Waals surface area contributed by atoms with Gasteiger partial charge in [-0.3, -0.25) is 0 Å². The first-order valence-corrected chi connectivity index (χ1v) is 20.5. The van der Waals surface area contributed by atoms with Crippen LogP contribution in [0.4, 0.5) is 22.7 Å². The molecule has 0 bridgehead atoms. The molecule has 0 amide bonds. The van der Waals surface area contributed by atoms with Crippen molar-refractivity contribution >= 4 is 22.7 Å². The molecule has 5 aromatic rings. The molecular formula is C51H56N6OPt. The van der Waals surface area contributed by atoms with Crippen LogP contribution in [0.2, 0.25) is 0 Å². The Morgan fingerprint density at radius 3 is 1.73 bits per heavy atom. The van der Waals surface area contributed by atoms with E-state index in [1.54, 1.807) is 16.7 Å². The normalized spacial score (nSPS) is 16.3. The van der Waals surface area contributed by atoms with Crippen molar-refractivity contribution in [2.24, 2.45) is 10.4 Å². The Labute approximate surface area is 366 Å². The third kappa shape index (κ3) is 6.32. The van der Waals surface area contributed by atoms with Gasteiger partial charge in [-0.15, -0.1) is 42.6 Å². The van der Waals surface area contributed by atoms with Gasteiger partial charge in [-0.2, -0.15) is 18.8 Å². The maximum Gasteiger partial charge on any atom is 4.00 e. The Morgan fingerprint density at radius 1 is 0.610 bits per heavy atom. The topological polar surface area (TPSA) is 46.9 Å². The fourth-order valence-electron chi connectivity index (χ4n) is 9.39. The van der Waals surface area contributed by atoms with Crippen LogP contribution in [0.5, 0.6) is 11.5 Å². The minimum Gasteiger partial charge on any atom is -0.509 e. The van der Waals surface area contributed by atoms with Crippen molar-refractivity contribution < 1.29 is 25.8 Å². The number of fused-ring (bicyclic) bond motifs is 9. The SMILES string of the molecule is CN1[CH-]N(c2[c-]c(Oc3[c-]c4c(cc3)C3(c5cccc6c5N4[CH-]N6C)c4c(cc(C(C)(C)C)cc4C(C)(C)C)-c4cc(C(C)(C)C)cc(C(C)(C)C)c43)ccc2)N=N1.[Pt+4]. The van der Waals surface area contributed by atoms with Crippen molar-refractivity contribution in [3.05, 3.63) is 143 Å². The molecule has 3 heterocycles. The number of para-hydroxylation sites is 1. The fraction of sp³-hybridized carbons (Fsp3) is 0.373. The van der Waals surface area contributed by atoms with Crippen LogP contribution in [0.15, 0.2) is 83.2 Å². The molecule has 0 radical (unpaired) electrons. The van der Waals surface area contributed by atoms with Gasteiger partial charge in [0.2, 0.25) is 0 Å². The first-order valence-electron chi connectivity index (χ1n) is 20.5. The third-order valence-corrected chi connectivity index (χ3v) is 12.3. The van der Waals surface area contributed by atoms with Crippen LogP contribution in [0.1, 0.15) is 128 Å². The third-order valence-electron chi connectivity index (χ3n) is 12.3. The summed E-state index contributed by atoms with van der Waals surface area (Å²) in [7, 11) is 3.99. The van der Waals surface area contributed by atoms with E-state index in [-0.39, 0.29) is 42.7 Å². The van der Waals surface area contributed by atoms with Crippen LogP contribution in [-0.2, 0) is 48.1 Å². The van der Waals surface area contributed by atoms with Gasteiger partial charge in [0.1, 0.15) is 0 Å². The summed E-state index contributed by atoms with van der Waals surface area (Å²) in [5, 5.41) is 11.7. The average molecular weight is 964 g/mol. The molecule has 59 heavy (non-hydrogen) atoms. The second-order valence-corrected chi connectivity index (χ2v) is 20.7. The van der Waals surface area contributed by atoms with Gasteiger partial charge in [0.25, 0.3) is 0 Å². The smallest absolute Gasteiger partial charge is 0.509 e. The Morgan fingerprint density at radius 2 is 1.19 bits per heavy atom. The number of nitrogens with zero attached hydrogens (tertiary/aromatic N) is 6. The molecule has 0 saturated carbocycles. The van der Waals surface area contributed by atoms with E-state index in [0.717, 1.165) is 11.4 Å². The summed E-state index contributed by atoms with van der Waals surface area (Å²) < 4.78 is 6.66. The number of anilines is 4. The van der Waals surface area contributed by atoms with Crippen molar-refractivity contribution in [3.8, 4) is 22.6 Å². The molecule has 4 aliphatic rings. The van der Waals surface area contributed by atoms with E-state index < -0.39 is 5.41 Å². The van der Waals surface area contributed by atoms with Crippen LogP contribution in [-0.4, -0.2) is 19.1 Å². The maximum atomic E-state index is 6.66. The van der Waals surface area contributed by atoms with E-state index in [0.29, 0.717) is 11.5 Å². The van der Waals surface area contributed by atoms with E-state index in [2.05, 4.69) is 184 Å². The van der Waals surface area contributed by atoms with Gasteiger partial charge in [0, 0.05) is 28.3 Å². The van der Waals surface area contributed by atoms with E-state index in [1.165, 1.54) is 67.0 Å². The molecule has 1 spiro atoms. The maximum absolute atomic E-state index is 6.66. The van der Waals surface area contributed by atoms with Crippen LogP contribution < -0.4 is 19.5 Å². The largest absolute Gasteiger partial charge is 4.00 e. The quantitative estimate of drug-likeness (QED) is 0.165. The summed E-state index contributed by atoms with van der Waals surface area (Å²) in [6, 6.07) is 34.5. The van der Waals surface area contributed by atoms with Crippen molar-refractivity contribution in [1.29, 1.82) is 0 Å². The van der Waals surface area contributed by atoms with Gasteiger partial charge in [-0.25, -0.2) is 0 Å². The predicted octanol–water partition coefficient (Wildman–Crippen LogP) is 12.8. The molecule has 8 heteroatoms. The Hall–Kier alpha value is -4.61. The number of hydrogen-bond acceptors (Lipinski definition) is 7. The van der Waals surface area contributed by atoms with Crippen molar-refractivity contribution in [3.63, 3.8) is 0 Å². The van der Waals surface area contributed by atoms with Gasteiger partial charge in [0.15, 0.2) is 0 Å². The van der Waals surface area contributed by atoms with Gasteiger partial charge in [-0.05, 0) is 91.9 Å². The summed E-state index contributed by atoms with van der Waals surface area (Å²) in [4.78, 5) is 4.59. The van der Waals surface area contributed by atoms with Crippen molar-refractivity contribution in [1.82, 2.24) is 5.01 Å². The number of ether oxygens (including phenoxy) is 1. The average Bonchev–Trinajstić information content (AvgIpc) is 3.81. The molecule has 9 rings (SSSR count). The van der Waals surface area contributed by atoms with E-state index >= 15 is 0 Å². The fourth-order valence-corrected chi connectivity index (χ4v) is 9.39. The van der Waals surface area contributed by atoms with Crippen LogP contribution in [0, 0.1) is 25.5 Å². The Bertz CT molecular complexity index is 2460. The monoisotopic (exact) mass is 963 g/mol. The Balaban J connectivity index is 0.00000484. The second kappa shape index (κ2) is 13.4. The first-order chi connectivity index (χ1) is 27.1. The molecule has 306 valence electrons. The molecule has 0 saturated heterocycles. The zero-order chi connectivity index (χ0) is 41.5. The van der Waals surface area contributed by atoms with Crippen molar-refractivity contribution in [2.45, 2.75) is 110 Å². The molecular weight excluding hydrogens is 908 g/mol. The van der Waals surface area contributed by atoms with Crippen LogP contribution >= 0.6 is 0 Å². The molecule has 0 unspecified atom stereocenters. The van der Waals surface area contributed by atoms with Gasteiger partial charge in [-0.1, -0.05) is 141 Å². The predicted molar refractivity (Wildman–Crippen MR) is 237 cm³/mol. The summed E-state index contributed by atoms with van der Waals surface area (Å²) >= 11 is 0. The van der Waals surface area contributed by atoms with Crippen LogP contribution in [0.25, 0.3) is 11.1 Å². The van der Waals surface area contributed by atoms with Crippen molar-refractivity contribution in [2.75, 3.05) is 28.9 Å². The number of hydrogen-bond donors (Lipinski definition) is 0. The summed E-state index contributed by atoms with van der Waals surface area (Å²) in [5.41, 5.74) is 16.4. The minimum atomic E-state index is -0.650. The zero-order valence-electron chi connectivity index (χ0n) is 37.0.